The van der Waals surface area contributed by atoms with E-state index in [0.29, 0.717) is 26.2 Å². The summed E-state index contributed by atoms with van der Waals surface area (Å²) in [6.07, 6.45) is -2.01. The lowest BCUT2D eigenvalue weighted by atomic mass is 10.3. The highest BCUT2D eigenvalue weighted by atomic mass is 79.9. The Kier molecular flexibility index (Phi) is 9.40. The number of aromatic amines is 1. The Morgan fingerprint density at radius 3 is 2.49 bits per heavy atom. The molecule has 2 aromatic rings. The summed E-state index contributed by atoms with van der Waals surface area (Å²) < 4.78 is 54.6. The van der Waals surface area contributed by atoms with Gasteiger partial charge in [-0.2, -0.15) is 18.3 Å². The first-order valence-corrected chi connectivity index (χ1v) is 11.4. The van der Waals surface area contributed by atoms with E-state index in [1.807, 2.05) is 0 Å². The van der Waals surface area contributed by atoms with Crippen LogP contribution in [0, 0.1) is 0 Å². The Morgan fingerprint density at radius 2 is 1.86 bits per heavy atom. The third-order valence-electron chi connectivity index (χ3n) is 5.05. The zero-order chi connectivity index (χ0) is 25.4. The summed E-state index contributed by atoms with van der Waals surface area (Å²) in [6, 6.07) is 0. The number of piperazine rings is 1. The van der Waals surface area contributed by atoms with Crippen LogP contribution in [0.2, 0.25) is 0 Å². The van der Waals surface area contributed by atoms with Gasteiger partial charge in [0.15, 0.2) is 5.75 Å². The lowest BCUT2D eigenvalue weighted by Gasteiger charge is -2.34. The third-order valence-corrected chi connectivity index (χ3v) is 5.81. The maximum absolute atomic E-state index is 12.7. The molecule has 1 N–H and O–H groups in total. The topological polar surface area (TPSA) is 123 Å². The number of ether oxygens (including phenoxy) is 3. The van der Waals surface area contributed by atoms with Crippen LogP contribution in [0.25, 0.3) is 0 Å². The Balaban J connectivity index is 1.40. The third kappa shape index (κ3) is 7.60. The van der Waals surface area contributed by atoms with Crippen LogP contribution in [0.4, 0.5) is 19.1 Å². The number of rotatable bonds is 10. The van der Waals surface area contributed by atoms with E-state index in [-0.39, 0.29) is 48.3 Å². The second kappa shape index (κ2) is 12.3. The number of carbonyl (C=O) groups is 1. The van der Waals surface area contributed by atoms with Crippen molar-refractivity contribution in [2.75, 3.05) is 58.0 Å². The summed E-state index contributed by atoms with van der Waals surface area (Å²) in [5.41, 5.74) is -1.34. The highest BCUT2D eigenvalue weighted by Gasteiger charge is 2.32. The van der Waals surface area contributed by atoms with Gasteiger partial charge in [0.25, 0.3) is 5.56 Å². The molecular weight excluding hydrogens is 541 g/mol. The van der Waals surface area contributed by atoms with Gasteiger partial charge in [0.1, 0.15) is 10.6 Å². The lowest BCUT2D eigenvalue weighted by molar-refractivity contribution is -0.138. The number of carbonyl (C=O) groups excluding carboxylic acids is 1. The first kappa shape index (κ1) is 26.8. The molecule has 0 saturated carbocycles. The molecular formula is C20H24BrF3N6O5. The van der Waals surface area contributed by atoms with Gasteiger partial charge in [0.2, 0.25) is 11.9 Å². The number of H-pyrrole nitrogens is 1. The molecule has 0 radical (unpaired) electrons. The molecule has 3 rings (SSSR count). The Hall–Kier alpha value is -2.78. The van der Waals surface area contributed by atoms with Crippen molar-refractivity contribution in [3.05, 3.63) is 39.0 Å². The van der Waals surface area contributed by atoms with Gasteiger partial charge in [0.05, 0.1) is 38.0 Å². The van der Waals surface area contributed by atoms with Crippen LogP contribution in [0.1, 0.15) is 12.0 Å². The minimum absolute atomic E-state index is 0.108. The summed E-state index contributed by atoms with van der Waals surface area (Å²) in [5.74, 6) is 0.328. The summed E-state index contributed by atoms with van der Waals surface area (Å²) in [5, 5.41) is 5.96. The van der Waals surface area contributed by atoms with Gasteiger partial charge >= 0.3 is 6.18 Å². The van der Waals surface area contributed by atoms with Crippen LogP contribution < -0.4 is 15.2 Å². The average Bonchev–Trinajstić information content (AvgIpc) is 2.84. The summed E-state index contributed by atoms with van der Waals surface area (Å²) in [6.45, 7) is 2.06. The van der Waals surface area contributed by atoms with Crippen molar-refractivity contribution in [3.8, 4) is 5.75 Å². The molecule has 192 valence electrons. The van der Waals surface area contributed by atoms with E-state index in [1.54, 1.807) is 9.80 Å². The van der Waals surface area contributed by atoms with Crippen LogP contribution in [-0.4, -0.2) is 90.2 Å². The predicted molar refractivity (Wildman–Crippen MR) is 120 cm³/mol. The first-order valence-electron chi connectivity index (χ1n) is 10.6. The van der Waals surface area contributed by atoms with Crippen molar-refractivity contribution in [1.82, 2.24) is 25.1 Å². The molecule has 1 fully saturated rings. The van der Waals surface area contributed by atoms with Gasteiger partial charge in [0, 0.05) is 45.7 Å². The molecule has 2 aromatic heterocycles. The van der Waals surface area contributed by atoms with Crippen LogP contribution in [0.5, 0.6) is 5.75 Å². The molecule has 0 spiro atoms. The number of aromatic nitrogens is 4. The molecule has 3 heterocycles. The van der Waals surface area contributed by atoms with E-state index in [2.05, 4.69) is 36.1 Å². The fraction of sp³-hybridized carbons (Fsp3) is 0.550. The maximum atomic E-state index is 12.7. The van der Waals surface area contributed by atoms with Crippen LogP contribution in [-0.2, 0) is 20.4 Å². The van der Waals surface area contributed by atoms with Crippen molar-refractivity contribution in [3.63, 3.8) is 0 Å². The normalized spacial score (nSPS) is 15.2. The molecule has 1 atom stereocenters. The summed E-state index contributed by atoms with van der Waals surface area (Å²) >= 11 is 3.14. The molecule has 0 aromatic carbocycles. The molecule has 0 aliphatic carbocycles. The summed E-state index contributed by atoms with van der Waals surface area (Å²) in [4.78, 5) is 35.1. The smallest absolute Gasteiger partial charge is 0.419 e. The highest BCUT2D eigenvalue weighted by molar-refractivity contribution is 9.10. The minimum Gasteiger partial charge on any atom is -0.483 e. The van der Waals surface area contributed by atoms with Crippen LogP contribution in [0.3, 0.4) is 0 Å². The van der Waals surface area contributed by atoms with E-state index in [1.165, 1.54) is 13.3 Å². The summed E-state index contributed by atoms with van der Waals surface area (Å²) in [7, 11) is 1.50. The first-order chi connectivity index (χ1) is 16.7. The fourth-order valence-corrected chi connectivity index (χ4v) is 3.53. The lowest BCUT2D eigenvalue weighted by Crippen LogP contribution is -2.49. The standard InChI is InChI=1S/C20H24BrF3N6O5/c1-33-11-14(35-15-10-27-28-18(32)17(15)21)12-34-7-2-16(31)29-3-5-30(6-4-29)19-25-8-13(9-26-19)20(22,23)24/h8-10,14H,2-7,11-12H2,1H3,(H,28,32). The molecule has 1 unspecified atom stereocenters. The van der Waals surface area contributed by atoms with Gasteiger partial charge in [-0.1, -0.05) is 0 Å². The van der Waals surface area contributed by atoms with Crippen LogP contribution >= 0.6 is 15.9 Å². The number of hydrogen-bond donors (Lipinski definition) is 1. The number of alkyl halides is 3. The molecule has 11 nitrogen and oxygen atoms in total. The molecule has 1 aliphatic rings. The fourth-order valence-electron chi connectivity index (χ4n) is 3.25. The van der Waals surface area contributed by atoms with Gasteiger partial charge in [-0.25, -0.2) is 15.1 Å². The minimum atomic E-state index is -4.49. The SMILES string of the molecule is COCC(COCCC(=O)N1CCN(c2ncc(C(F)(F)F)cn2)CC1)Oc1cn[nH]c(=O)c1Br. The van der Waals surface area contributed by atoms with E-state index in [4.69, 9.17) is 14.2 Å². The van der Waals surface area contributed by atoms with Crippen molar-refractivity contribution in [1.29, 1.82) is 0 Å². The quantitative estimate of drug-likeness (QED) is 0.427. The number of amides is 1. The maximum Gasteiger partial charge on any atom is 0.419 e. The van der Waals surface area contributed by atoms with E-state index in [0.717, 1.165) is 12.4 Å². The van der Waals surface area contributed by atoms with Gasteiger partial charge in [-0.15, -0.1) is 0 Å². The number of nitrogens with one attached hydrogen (secondary N) is 1. The van der Waals surface area contributed by atoms with Gasteiger partial charge in [-0.05, 0) is 15.9 Å². The van der Waals surface area contributed by atoms with E-state index >= 15 is 0 Å². The van der Waals surface area contributed by atoms with E-state index in [9.17, 15) is 22.8 Å². The second-order valence-electron chi connectivity index (χ2n) is 7.53. The number of nitrogens with zero attached hydrogens (tertiary/aromatic N) is 5. The van der Waals surface area contributed by atoms with Crippen molar-refractivity contribution in [2.24, 2.45) is 0 Å². The van der Waals surface area contributed by atoms with Crippen molar-refractivity contribution >= 4 is 27.8 Å². The molecule has 1 amide bonds. The highest BCUT2D eigenvalue weighted by Crippen LogP contribution is 2.28. The van der Waals surface area contributed by atoms with Crippen molar-refractivity contribution in [2.45, 2.75) is 18.7 Å². The molecule has 1 saturated heterocycles. The molecule has 15 heteroatoms. The Bertz CT molecular complexity index is 1030. The van der Waals surface area contributed by atoms with E-state index < -0.39 is 23.4 Å². The van der Waals surface area contributed by atoms with Gasteiger partial charge < -0.3 is 24.0 Å². The number of anilines is 1. The molecule has 1 aliphatic heterocycles. The zero-order valence-electron chi connectivity index (χ0n) is 18.8. The molecule has 0 bridgehead atoms. The van der Waals surface area contributed by atoms with Crippen molar-refractivity contribution < 1.29 is 32.2 Å². The monoisotopic (exact) mass is 564 g/mol. The Morgan fingerprint density at radius 1 is 1.17 bits per heavy atom. The Labute approximate surface area is 206 Å². The zero-order valence-corrected chi connectivity index (χ0v) is 20.3. The molecule has 35 heavy (non-hydrogen) atoms. The number of halogens is 4. The second-order valence-corrected chi connectivity index (χ2v) is 8.33. The number of hydrogen-bond acceptors (Lipinski definition) is 9. The van der Waals surface area contributed by atoms with Crippen LogP contribution in [0.15, 0.2) is 27.9 Å². The predicted octanol–water partition coefficient (Wildman–Crippen LogP) is 1.49. The van der Waals surface area contributed by atoms with Gasteiger partial charge in [-0.3, -0.25) is 9.59 Å². The average molecular weight is 565 g/mol. The largest absolute Gasteiger partial charge is 0.483 e. The number of methoxy groups -OCH3 is 1.